The summed E-state index contributed by atoms with van der Waals surface area (Å²) in [5, 5.41) is 11.9. The predicted octanol–water partition coefficient (Wildman–Crippen LogP) is 1.60. The van der Waals surface area contributed by atoms with E-state index in [1.54, 1.807) is 36.3 Å². The lowest BCUT2D eigenvalue weighted by molar-refractivity contribution is -0.134. The molecule has 0 spiro atoms. The van der Waals surface area contributed by atoms with E-state index in [1.807, 2.05) is 24.3 Å². The molecule has 1 fully saturated rings. The maximum atomic E-state index is 12.5. The number of esters is 1. The normalized spacial score (nSPS) is 13.7. The number of methoxy groups -OCH3 is 1. The fraction of sp³-hybridized carbons (Fsp3) is 0.364. The van der Waals surface area contributed by atoms with Crippen LogP contribution in [0.5, 0.6) is 5.75 Å². The number of rotatable bonds is 8. The van der Waals surface area contributed by atoms with Gasteiger partial charge in [0, 0.05) is 44.1 Å². The van der Waals surface area contributed by atoms with Crippen LogP contribution in [0.3, 0.4) is 0 Å². The van der Waals surface area contributed by atoms with Crippen LogP contribution in [0.1, 0.15) is 10.4 Å². The molecule has 8 heteroatoms. The van der Waals surface area contributed by atoms with Crippen LogP contribution in [-0.2, 0) is 9.53 Å². The van der Waals surface area contributed by atoms with Crippen molar-refractivity contribution in [2.45, 2.75) is 0 Å². The van der Waals surface area contributed by atoms with Gasteiger partial charge in [0.05, 0.1) is 19.3 Å². The van der Waals surface area contributed by atoms with Gasteiger partial charge in [0.25, 0.3) is 5.91 Å². The molecule has 1 aliphatic rings. The number of para-hydroxylation sites is 1. The Balaban J connectivity index is 1.48. The van der Waals surface area contributed by atoms with E-state index in [0.29, 0.717) is 44.0 Å². The molecule has 30 heavy (non-hydrogen) atoms. The summed E-state index contributed by atoms with van der Waals surface area (Å²) >= 11 is 0. The third kappa shape index (κ3) is 5.42. The van der Waals surface area contributed by atoms with Gasteiger partial charge in [-0.1, -0.05) is 12.1 Å². The van der Waals surface area contributed by atoms with E-state index in [9.17, 15) is 9.59 Å². The minimum Gasteiger partial charge on any atom is -0.497 e. The molecule has 1 heterocycles. The van der Waals surface area contributed by atoms with Crippen molar-refractivity contribution in [1.82, 2.24) is 4.90 Å². The summed E-state index contributed by atoms with van der Waals surface area (Å²) < 4.78 is 10.4. The highest BCUT2D eigenvalue weighted by atomic mass is 16.5. The summed E-state index contributed by atoms with van der Waals surface area (Å²) in [7, 11) is 1.64. The third-order valence-electron chi connectivity index (χ3n) is 4.97. The highest BCUT2D eigenvalue weighted by Gasteiger charge is 2.23. The van der Waals surface area contributed by atoms with Crippen molar-refractivity contribution in [3.05, 3.63) is 54.1 Å². The fourth-order valence-corrected chi connectivity index (χ4v) is 3.31. The highest BCUT2D eigenvalue weighted by Crippen LogP contribution is 2.21. The number of hydrogen-bond donors (Lipinski definition) is 2. The first-order chi connectivity index (χ1) is 14.6. The molecule has 8 nitrogen and oxygen atoms in total. The van der Waals surface area contributed by atoms with E-state index >= 15 is 0 Å². The number of carbonyl (C=O) groups is 2. The van der Waals surface area contributed by atoms with Gasteiger partial charge in [-0.2, -0.15) is 0 Å². The zero-order chi connectivity index (χ0) is 21.3. The molecule has 1 saturated heterocycles. The maximum Gasteiger partial charge on any atom is 0.340 e. The number of ether oxygens (including phenoxy) is 2. The Bertz CT molecular complexity index is 848. The summed E-state index contributed by atoms with van der Waals surface area (Å²) in [4.78, 5) is 28.8. The first-order valence-electron chi connectivity index (χ1n) is 9.90. The summed E-state index contributed by atoms with van der Waals surface area (Å²) in [6.45, 7) is 2.52. The number of piperazine rings is 1. The van der Waals surface area contributed by atoms with Gasteiger partial charge in [0.2, 0.25) is 0 Å². The SMILES string of the molecule is COc1ccc(N2CCN(C(=O)COC(=O)c3ccccc3NCCO)CC2)cc1. The standard InChI is InChI=1S/C22H27N3O5/c1-29-18-8-6-17(7-9-18)24-11-13-25(14-12-24)21(27)16-30-22(28)19-4-2-3-5-20(19)23-10-15-26/h2-9,23,26H,10-16H2,1H3. The largest absolute Gasteiger partial charge is 0.497 e. The molecule has 1 amide bonds. The predicted molar refractivity (Wildman–Crippen MR) is 114 cm³/mol. The molecule has 0 bridgehead atoms. The average Bonchev–Trinajstić information content (AvgIpc) is 2.81. The Morgan fingerprint density at radius 3 is 2.40 bits per heavy atom. The maximum absolute atomic E-state index is 12.5. The minimum absolute atomic E-state index is 0.0512. The lowest BCUT2D eigenvalue weighted by atomic mass is 10.2. The van der Waals surface area contributed by atoms with Crippen LogP contribution in [0.15, 0.2) is 48.5 Å². The van der Waals surface area contributed by atoms with Crippen LogP contribution < -0.4 is 15.0 Å². The van der Waals surface area contributed by atoms with Gasteiger partial charge in [0.15, 0.2) is 6.61 Å². The molecule has 0 aromatic heterocycles. The number of aliphatic hydroxyl groups is 1. The van der Waals surface area contributed by atoms with E-state index in [-0.39, 0.29) is 19.1 Å². The molecule has 0 unspecified atom stereocenters. The smallest absolute Gasteiger partial charge is 0.340 e. The zero-order valence-electron chi connectivity index (χ0n) is 17.0. The molecule has 3 rings (SSSR count). The van der Waals surface area contributed by atoms with Crippen molar-refractivity contribution in [2.75, 3.05) is 63.3 Å². The second-order valence-corrected chi connectivity index (χ2v) is 6.84. The molecule has 1 aliphatic heterocycles. The van der Waals surface area contributed by atoms with E-state index in [4.69, 9.17) is 14.6 Å². The van der Waals surface area contributed by atoms with Gasteiger partial charge in [-0.25, -0.2) is 4.79 Å². The Kier molecular flexibility index (Phi) is 7.51. The van der Waals surface area contributed by atoms with Gasteiger partial charge in [0.1, 0.15) is 5.75 Å². The van der Waals surface area contributed by atoms with E-state index in [0.717, 1.165) is 11.4 Å². The molecule has 0 radical (unpaired) electrons. The molecular formula is C22H27N3O5. The van der Waals surface area contributed by atoms with Gasteiger partial charge < -0.3 is 29.7 Å². The molecular weight excluding hydrogens is 386 g/mol. The monoisotopic (exact) mass is 413 g/mol. The molecule has 2 N–H and O–H groups in total. The first-order valence-corrected chi connectivity index (χ1v) is 9.90. The molecule has 0 aliphatic carbocycles. The number of nitrogens with zero attached hydrogens (tertiary/aromatic N) is 2. The van der Waals surface area contributed by atoms with Crippen LogP contribution in [0, 0.1) is 0 Å². The number of aliphatic hydroxyl groups excluding tert-OH is 1. The van der Waals surface area contributed by atoms with Gasteiger partial charge in [-0.3, -0.25) is 4.79 Å². The second kappa shape index (κ2) is 10.5. The van der Waals surface area contributed by atoms with Gasteiger partial charge in [-0.15, -0.1) is 0 Å². The summed E-state index contributed by atoms with van der Waals surface area (Å²) in [6, 6.07) is 14.7. The van der Waals surface area contributed by atoms with Crippen LogP contribution in [0.25, 0.3) is 0 Å². The lowest BCUT2D eigenvalue weighted by Crippen LogP contribution is -2.49. The summed E-state index contributed by atoms with van der Waals surface area (Å²) in [5.41, 5.74) is 1.99. The van der Waals surface area contributed by atoms with E-state index < -0.39 is 5.97 Å². The number of hydrogen-bond acceptors (Lipinski definition) is 7. The Hall–Kier alpha value is -3.26. The van der Waals surface area contributed by atoms with E-state index in [2.05, 4.69) is 10.2 Å². The Morgan fingerprint density at radius 2 is 1.73 bits per heavy atom. The lowest BCUT2D eigenvalue weighted by Gasteiger charge is -2.36. The molecule has 2 aromatic carbocycles. The Labute approximate surface area is 176 Å². The zero-order valence-corrected chi connectivity index (χ0v) is 17.0. The minimum atomic E-state index is -0.568. The van der Waals surface area contributed by atoms with E-state index in [1.165, 1.54) is 0 Å². The number of carbonyl (C=O) groups excluding carboxylic acids is 2. The van der Waals surface area contributed by atoms with Crippen LogP contribution in [0.2, 0.25) is 0 Å². The van der Waals surface area contributed by atoms with Crippen molar-refractivity contribution in [3.8, 4) is 5.75 Å². The van der Waals surface area contributed by atoms with Crippen molar-refractivity contribution in [2.24, 2.45) is 0 Å². The third-order valence-corrected chi connectivity index (χ3v) is 4.97. The topological polar surface area (TPSA) is 91.3 Å². The van der Waals surface area contributed by atoms with Crippen molar-refractivity contribution in [1.29, 1.82) is 0 Å². The average molecular weight is 413 g/mol. The van der Waals surface area contributed by atoms with Crippen LogP contribution >= 0.6 is 0 Å². The number of amides is 1. The van der Waals surface area contributed by atoms with Crippen LogP contribution in [0.4, 0.5) is 11.4 Å². The fourth-order valence-electron chi connectivity index (χ4n) is 3.31. The Morgan fingerprint density at radius 1 is 1.03 bits per heavy atom. The molecule has 2 aromatic rings. The number of nitrogens with one attached hydrogen (secondary N) is 1. The molecule has 0 saturated carbocycles. The highest BCUT2D eigenvalue weighted by molar-refractivity contribution is 5.96. The van der Waals surface area contributed by atoms with Crippen molar-refractivity contribution in [3.63, 3.8) is 0 Å². The summed E-state index contributed by atoms with van der Waals surface area (Å²) in [6.07, 6.45) is 0. The molecule has 0 atom stereocenters. The number of benzene rings is 2. The number of anilines is 2. The van der Waals surface area contributed by atoms with Gasteiger partial charge in [-0.05, 0) is 36.4 Å². The van der Waals surface area contributed by atoms with Crippen molar-refractivity contribution >= 4 is 23.3 Å². The quantitative estimate of drug-likeness (QED) is 0.635. The summed E-state index contributed by atoms with van der Waals surface area (Å²) in [5.74, 6) is 0.0299. The van der Waals surface area contributed by atoms with Gasteiger partial charge >= 0.3 is 5.97 Å². The van der Waals surface area contributed by atoms with Crippen LogP contribution in [-0.4, -0.2) is 74.9 Å². The molecule has 160 valence electrons. The second-order valence-electron chi connectivity index (χ2n) is 6.84. The first kappa shape index (κ1) is 21.4. The van der Waals surface area contributed by atoms with Crippen molar-refractivity contribution < 1.29 is 24.2 Å².